The zero-order valence-electron chi connectivity index (χ0n) is 7.30. The summed E-state index contributed by atoms with van der Waals surface area (Å²) in [5.41, 5.74) is 2.46. The normalized spacial score (nSPS) is 12.9. The molecule has 0 unspecified atom stereocenters. The topological polar surface area (TPSA) is 12.4 Å². The molecule has 0 spiro atoms. The van der Waals surface area contributed by atoms with E-state index < -0.39 is 0 Å². The summed E-state index contributed by atoms with van der Waals surface area (Å²) >= 11 is 0. The molecule has 11 heavy (non-hydrogen) atoms. The fourth-order valence-corrected chi connectivity index (χ4v) is 0.802. The van der Waals surface area contributed by atoms with Crippen LogP contribution in [-0.4, -0.2) is 6.72 Å². The van der Waals surface area contributed by atoms with E-state index in [0.29, 0.717) is 0 Å². The zero-order chi connectivity index (χ0) is 8.69. The molecule has 0 aliphatic rings. The maximum atomic E-state index is 3.70. The van der Waals surface area contributed by atoms with Gasteiger partial charge >= 0.3 is 0 Å². The van der Waals surface area contributed by atoms with Gasteiger partial charge in [-0.15, -0.1) is 0 Å². The predicted molar refractivity (Wildman–Crippen MR) is 51.9 cm³/mol. The van der Waals surface area contributed by atoms with E-state index in [1.165, 1.54) is 11.1 Å². The summed E-state index contributed by atoms with van der Waals surface area (Å²) in [5, 5.41) is 0. The molecule has 0 N–H and O–H groups in total. The highest BCUT2D eigenvalue weighted by Crippen LogP contribution is 2.10. The maximum absolute atomic E-state index is 3.70. The molecule has 1 nitrogen and oxygen atoms in total. The third-order valence-electron chi connectivity index (χ3n) is 1.57. The van der Waals surface area contributed by atoms with E-state index in [1.54, 1.807) is 6.20 Å². The molecule has 0 radical (unpaired) electrons. The number of hydrogen-bond acceptors (Lipinski definition) is 1. The molecular weight excluding hydrogens is 134 g/mol. The molecule has 0 aliphatic heterocycles. The van der Waals surface area contributed by atoms with Gasteiger partial charge in [0.15, 0.2) is 0 Å². The van der Waals surface area contributed by atoms with Crippen molar-refractivity contribution in [3.05, 3.63) is 36.1 Å². The SMILES string of the molecule is C=C/C(C)=C(\C=C\N=C)CC. The first-order valence-corrected chi connectivity index (χ1v) is 3.70. The molecule has 0 fully saturated rings. The van der Waals surface area contributed by atoms with Crippen molar-refractivity contribution < 1.29 is 0 Å². The molecule has 0 aromatic rings. The number of nitrogens with zero attached hydrogens (tertiary/aromatic N) is 1. The van der Waals surface area contributed by atoms with Gasteiger partial charge in [-0.1, -0.05) is 19.6 Å². The van der Waals surface area contributed by atoms with Gasteiger partial charge in [0.05, 0.1) is 0 Å². The van der Waals surface area contributed by atoms with Crippen molar-refractivity contribution in [1.82, 2.24) is 0 Å². The van der Waals surface area contributed by atoms with E-state index in [2.05, 4.69) is 25.2 Å². The van der Waals surface area contributed by atoms with E-state index >= 15 is 0 Å². The van der Waals surface area contributed by atoms with Gasteiger partial charge in [-0.05, 0) is 37.3 Å². The molecule has 1 heteroatoms. The third-order valence-corrected chi connectivity index (χ3v) is 1.57. The molecule has 0 aromatic heterocycles. The summed E-state index contributed by atoms with van der Waals surface area (Å²) in [5.74, 6) is 0. The number of rotatable bonds is 4. The molecule has 0 saturated heterocycles. The van der Waals surface area contributed by atoms with Crippen LogP contribution in [0.1, 0.15) is 20.3 Å². The van der Waals surface area contributed by atoms with Gasteiger partial charge in [-0.25, -0.2) is 0 Å². The minimum absolute atomic E-state index is 1.00. The highest BCUT2D eigenvalue weighted by molar-refractivity contribution is 5.32. The molecule has 0 heterocycles. The molecule has 0 aromatic carbocycles. The van der Waals surface area contributed by atoms with Gasteiger partial charge in [-0.2, -0.15) is 0 Å². The van der Waals surface area contributed by atoms with Crippen molar-refractivity contribution in [2.75, 3.05) is 0 Å². The van der Waals surface area contributed by atoms with Crippen molar-refractivity contribution in [2.45, 2.75) is 20.3 Å². The molecule has 0 amide bonds. The number of allylic oxidation sites excluding steroid dienone is 4. The van der Waals surface area contributed by atoms with Gasteiger partial charge in [0.2, 0.25) is 0 Å². The van der Waals surface area contributed by atoms with Crippen LogP contribution in [0.4, 0.5) is 0 Å². The van der Waals surface area contributed by atoms with E-state index in [-0.39, 0.29) is 0 Å². The molecule has 60 valence electrons. The largest absolute Gasteiger partial charge is 0.273 e. The Balaban J connectivity index is 4.50. The van der Waals surface area contributed by atoms with E-state index in [4.69, 9.17) is 0 Å². The van der Waals surface area contributed by atoms with E-state index in [0.717, 1.165) is 6.42 Å². The lowest BCUT2D eigenvalue weighted by molar-refractivity contribution is 1.12. The first-order valence-electron chi connectivity index (χ1n) is 3.70. The minimum atomic E-state index is 1.00. The van der Waals surface area contributed by atoms with Gasteiger partial charge in [0.25, 0.3) is 0 Å². The first kappa shape index (κ1) is 9.89. The van der Waals surface area contributed by atoms with E-state index in [9.17, 15) is 0 Å². The second-order valence-electron chi connectivity index (χ2n) is 2.26. The molecule has 0 rings (SSSR count). The summed E-state index contributed by atoms with van der Waals surface area (Å²) in [6.45, 7) is 11.2. The molecule has 0 bridgehead atoms. The average Bonchev–Trinajstić information content (AvgIpc) is 2.05. The summed E-state index contributed by atoms with van der Waals surface area (Å²) in [7, 11) is 0. The van der Waals surface area contributed by atoms with Gasteiger partial charge in [0.1, 0.15) is 0 Å². The Morgan fingerprint density at radius 3 is 2.55 bits per heavy atom. The Morgan fingerprint density at radius 2 is 2.18 bits per heavy atom. The third kappa shape index (κ3) is 3.56. The Bertz CT molecular complexity index is 197. The molecule has 0 aliphatic carbocycles. The lowest BCUT2D eigenvalue weighted by Crippen LogP contribution is -1.79. The van der Waals surface area contributed by atoms with Crippen LogP contribution in [0.25, 0.3) is 0 Å². The Morgan fingerprint density at radius 1 is 1.55 bits per heavy atom. The van der Waals surface area contributed by atoms with Crippen LogP contribution in [0.3, 0.4) is 0 Å². The summed E-state index contributed by atoms with van der Waals surface area (Å²) in [6, 6.07) is 0. The smallest absolute Gasteiger partial charge is 0.0263 e. The number of hydrogen-bond donors (Lipinski definition) is 0. The van der Waals surface area contributed by atoms with Gasteiger partial charge < -0.3 is 0 Å². The van der Waals surface area contributed by atoms with Crippen LogP contribution < -0.4 is 0 Å². The zero-order valence-corrected chi connectivity index (χ0v) is 7.30. The average molecular weight is 149 g/mol. The van der Waals surface area contributed by atoms with Crippen molar-refractivity contribution in [3.63, 3.8) is 0 Å². The quantitative estimate of drug-likeness (QED) is 0.430. The Labute approximate surface area is 68.9 Å². The predicted octanol–water partition coefficient (Wildman–Crippen LogP) is 3.11. The molecule has 0 saturated carbocycles. The van der Waals surface area contributed by atoms with Gasteiger partial charge in [-0.3, -0.25) is 4.99 Å². The fraction of sp³-hybridized carbons (Fsp3) is 0.300. The summed E-state index contributed by atoms with van der Waals surface area (Å²) < 4.78 is 0. The van der Waals surface area contributed by atoms with Crippen LogP contribution in [0.2, 0.25) is 0 Å². The van der Waals surface area contributed by atoms with Crippen molar-refractivity contribution in [1.29, 1.82) is 0 Å². The van der Waals surface area contributed by atoms with Crippen LogP contribution >= 0.6 is 0 Å². The van der Waals surface area contributed by atoms with Crippen LogP contribution in [0, 0.1) is 0 Å². The van der Waals surface area contributed by atoms with Crippen LogP contribution in [0.15, 0.2) is 41.1 Å². The van der Waals surface area contributed by atoms with Gasteiger partial charge in [0, 0.05) is 6.20 Å². The monoisotopic (exact) mass is 149 g/mol. The highest BCUT2D eigenvalue weighted by Gasteiger charge is 1.90. The number of aliphatic imine (C=N–C) groups is 1. The molecular formula is C10H15N. The van der Waals surface area contributed by atoms with Crippen molar-refractivity contribution in [3.8, 4) is 0 Å². The highest BCUT2D eigenvalue weighted by atomic mass is 14.6. The van der Waals surface area contributed by atoms with Crippen LogP contribution in [-0.2, 0) is 0 Å². The second-order valence-corrected chi connectivity index (χ2v) is 2.26. The lowest BCUT2D eigenvalue weighted by Gasteiger charge is -1.99. The van der Waals surface area contributed by atoms with E-state index in [1.807, 2.05) is 19.1 Å². The lowest BCUT2D eigenvalue weighted by atomic mass is 10.1. The van der Waals surface area contributed by atoms with Crippen molar-refractivity contribution >= 4 is 6.72 Å². The second kappa shape index (κ2) is 5.66. The molecule has 0 atom stereocenters. The summed E-state index contributed by atoms with van der Waals surface area (Å²) in [4.78, 5) is 3.64. The first-order chi connectivity index (χ1) is 5.26. The minimum Gasteiger partial charge on any atom is -0.273 e. The fourth-order valence-electron chi connectivity index (χ4n) is 0.802. The maximum Gasteiger partial charge on any atom is 0.0263 e. The summed E-state index contributed by atoms with van der Waals surface area (Å²) in [6.07, 6.45) is 6.52. The van der Waals surface area contributed by atoms with Crippen LogP contribution in [0.5, 0.6) is 0 Å². The van der Waals surface area contributed by atoms with Crippen molar-refractivity contribution in [2.24, 2.45) is 4.99 Å². The Hall–Kier alpha value is -1.11. The Kier molecular flexibility index (Phi) is 5.09. The standard InChI is InChI=1S/C10H15N/c1-5-9(3)10(6-2)7-8-11-4/h5,7-8H,1,4,6H2,2-3H3/b8-7+,10-9-.